The van der Waals surface area contributed by atoms with Crippen LogP contribution in [0.4, 0.5) is 8.78 Å². The highest BCUT2D eigenvalue weighted by Gasteiger charge is 2.16. The standard InChI is InChI=1S/C21H18F2N2O2/c1-3-14(21(26)27)7-4-6-13(2)19-10-15(11-24)17(12-25-19)16-8-5-9-18(22)20(16)23/h3,5,7-10,12-13H,1,4,6H2,2H3,(H,26,27)/b14-7+. The highest BCUT2D eigenvalue weighted by atomic mass is 19.2. The quantitative estimate of drug-likeness (QED) is 0.552. The van der Waals surface area contributed by atoms with Crippen LogP contribution in [0.5, 0.6) is 0 Å². The molecule has 0 fully saturated rings. The molecule has 1 N–H and O–H groups in total. The van der Waals surface area contributed by atoms with E-state index in [-0.39, 0.29) is 28.2 Å². The maximum absolute atomic E-state index is 14.0. The number of allylic oxidation sites excluding steroid dienone is 1. The zero-order valence-electron chi connectivity index (χ0n) is 14.7. The summed E-state index contributed by atoms with van der Waals surface area (Å²) in [4.78, 5) is 15.2. The molecule has 0 aliphatic rings. The first kappa shape index (κ1) is 20.0. The molecule has 1 unspecified atom stereocenters. The zero-order chi connectivity index (χ0) is 20.0. The smallest absolute Gasteiger partial charge is 0.335 e. The number of carboxylic acids is 1. The van der Waals surface area contributed by atoms with Crippen LogP contribution in [-0.2, 0) is 4.79 Å². The Kier molecular flexibility index (Phi) is 6.56. The van der Waals surface area contributed by atoms with E-state index in [4.69, 9.17) is 5.11 Å². The van der Waals surface area contributed by atoms with E-state index in [0.717, 1.165) is 6.07 Å². The van der Waals surface area contributed by atoms with Gasteiger partial charge >= 0.3 is 5.97 Å². The van der Waals surface area contributed by atoms with Crippen LogP contribution in [0.2, 0.25) is 0 Å². The molecule has 0 amide bonds. The lowest BCUT2D eigenvalue weighted by Crippen LogP contribution is -2.01. The third kappa shape index (κ3) is 4.64. The molecule has 0 bridgehead atoms. The van der Waals surface area contributed by atoms with Crippen molar-refractivity contribution in [3.8, 4) is 17.2 Å². The van der Waals surface area contributed by atoms with Crippen molar-refractivity contribution in [2.45, 2.75) is 25.7 Å². The Hall–Kier alpha value is -3.33. The van der Waals surface area contributed by atoms with Gasteiger partial charge in [0.2, 0.25) is 0 Å². The number of pyridine rings is 1. The third-order valence-corrected chi connectivity index (χ3v) is 4.22. The van der Waals surface area contributed by atoms with Gasteiger partial charge in [0.25, 0.3) is 0 Å². The van der Waals surface area contributed by atoms with Crippen molar-refractivity contribution in [3.05, 3.63) is 77.7 Å². The lowest BCUT2D eigenvalue weighted by molar-refractivity contribution is -0.132. The second kappa shape index (κ2) is 8.86. The number of benzene rings is 1. The summed E-state index contributed by atoms with van der Waals surface area (Å²) in [5, 5.41) is 18.4. The number of carboxylic acid groups (broad SMARTS) is 1. The van der Waals surface area contributed by atoms with Gasteiger partial charge in [-0.3, -0.25) is 4.98 Å². The molecule has 0 saturated heterocycles. The van der Waals surface area contributed by atoms with Crippen molar-refractivity contribution < 1.29 is 18.7 Å². The Morgan fingerprint density at radius 1 is 1.41 bits per heavy atom. The van der Waals surface area contributed by atoms with Crippen molar-refractivity contribution in [2.75, 3.05) is 0 Å². The Bertz CT molecular complexity index is 946. The molecule has 0 aliphatic heterocycles. The predicted molar refractivity (Wildman–Crippen MR) is 97.9 cm³/mol. The summed E-state index contributed by atoms with van der Waals surface area (Å²) in [7, 11) is 0. The second-order valence-corrected chi connectivity index (χ2v) is 6.02. The maximum Gasteiger partial charge on any atom is 0.335 e. The molecule has 0 saturated carbocycles. The summed E-state index contributed by atoms with van der Waals surface area (Å²) in [6.07, 6.45) is 5.33. The molecule has 2 rings (SSSR count). The van der Waals surface area contributed by atoms with Crippen LogP contribution in [0.1, 0.15) is 36.9 Å². The van der Waals surface area contributed by atoms with Crippen LogP contribution in [0.3, 0.4) is 0 Å². The molecule has 0 spiro atoms. The molecule has 1 atom stereocenters. The van der Waals surface area contributed by atoms with E-state index in [1.54, 1.807) is 12.1 Å². The number of carbonyl (C=O) groups is 1. The largest absolute Gasteiger partial charge is 0.478 e. The van der Waals surface area contributed by atoms with E-state index >= 15 is 0 Å². The van der Waals surface area contributed by atoms with Crippen LogP contribution in [-0.4, -0.2) is 16.1 Å². The Morgan fingerprint density at radius 2 is 2.15 bits per heavy atom. The summed E-state index contributed by atoms with van der Waals surface area (Å²) < 4.78 is 27.5. The molecular weight excluding hydrogens is 350 g/mol. The van der Waals surface area contributed by atoms with Crippen molar-refractivity contribution in [2.24, 2.45) is 0 Å². The fraction of sp³-hybridized carbons (Fsp3) is 0.190. The first-order chi connectivity index (χ1) is 12.9. The Morgan fingerprint density at radius 3 is 2.78 bits per heavy atom. The van der Waals surface area contributed by atoms with E-state index in [2.05, 4.69) is 11.6 Å². The normalized spacial score (nSPS) is 12.3. The first-order valence-corrected chi connectivity index (χ1v) is 8.29. The van der Waals surface area contributed by atoms with E-state index in [1.165, 1.54) is 24.4 Å². The van der Waals surface area contributed by atoms with Gasteiger partial charge in [-0.1, -0.05) is 37.8 Å². The fourth-order valence-electron chi connectivity index (χ4n) is 2.65. The summed E-state index contributed by atoms with van der Waals surface area (Å²) in [5.74, 6) is -3.10. The van der Waals surface area contributed by atoms with Gasteiger partial charge < -0.3 is 5.11 Å². The van der Waals surface area contributed by atoms with E-state index < -0.39 is 17.6 Å². The van der Waals surface area contributed by atoms with Crippen LogP contribution >= 0.6 is 0 Å². The number of aromatic nitrogens is 1. The van der Waals surface area contributed by atoms with Gasteiger partial charge in [0.15, 0.2) is 11.6 Å². The minimum Gasteiger partial charge on any atom is -0.478 e. The number of hydrogen-bond acceptors (Lipinski definition) is 3. The van der Waals surface area contributed by atoms with E-state index in [9.17, 15) is 18.8 Å². The lowest BCUT2D eigenvalue weighted by atomic mass is 9.95. The van der Waals surface area contributed by atoms with Crippen molar-refractivity contribution in [1.29, 1.82) is 5.26 Å². The number of rotatable bonds is 7. The van der Waals surface area contributed by atoms with Crippen LogP contribution in [0.15, 0.2) is 54.8 Å². The first-order valence-electron chi connectivity index (χ1n) is 8.29. The van der Waals surface area contributed by atoms with Crippen LogP contribution in [0.25, 0.3) is 11.1 Å². The molecule has 4 nitrogen and oxygen atoms in total. The topological polar surface area (TPSA) is 74.0 Å². The molecule has 1 aromatic heterocycles. The molecule has 27 heavy (non-hydrogen) atoms. The zero-order valence-corrected chi connectivity index (χ0v) is 14.7. The van der Waals surface area contributed by atoms with Crippen LogP contribution < -0.4 is 0 Å². The summed E-state index contributed by atoms with van der Waals surface area (Å²) in [6, 6.07) is 7.34. The van der Waals surface area contributed by atoms with Crippen LogP contribution in [0, 0.1) is 23.0 Å². The third-order valence-electron chi connectivity index (χ3n) is 4.22. The molecule has 0 aliphatic carbocycles. The van der Waals surface area contributed by atoms with Gasteiger partial charge in [0, 0.05) is 23.0 Å². The Balaban J connectivity index is 2.25. The average molecular weight is 368 g/mol. The van der Waals surface area contributed by atoms with Gasteiger partial charge in [-0.25, -0.2) is 13.6 Å². The SMILES string of the molecule is C=C/C(=C\CCC(C)c1cc(C#N)c(-c2cccc(F)c2F)cn1)C(=O)O. The number of nitrogens with zero attached hydrogens (tertiary/aromatic N) is 2. The predicted octanol–water partition coefficient (Wildman–Crippen LogP) is 4.98. The molecule has 138 valence electrons. The highest BCUT2D eigenvalue weighted by molar-refractivity contribution is 5.89. The fourth-order valence-corrected chi connectivity index (χ4v) is 2.65. The summed E-state index contributed by atoms with van der Waals surface area (Å²) in [6.45, 7) is 5.35. The molecule has 6 heteroatoms. The number of aliphatic carboxylic acids is 1. The molecule has 0 radical (unpaired) electrons. The van der Waals surface area contributed by atoms with Crippen molar-refractivity contribution >= 4 is 5.97 Å². The highest BCUT2D eigenvalue weighted by Crippen LogP contribution is 2.29. The average Bonchev–Trinajstić information content (AvgIpc) is 2.66. The number of halogens is 2. The van der Waals surface area contributed by atoms with Crippen molar-refractivity contribution in [3.63, 3.8) is 0 Å². The van der Waals surface area contributed by atoms with E-state index in [0.29, 0.717) is 18.5 Å². The second-order valence-electron chi connectivity index (χ2n) is 6.02. The minimum atomic E-state index is -1.04. The number of nitriles is 1. The molecular formula is C21H18F2N2O2. The molecule has 1 heterocycles. The Labute approximate surface area is 156 Å². The lowest BCUT2D eigenvalue weighted by Gasteiger charge is -2.12. The summed E-state index contributed by atoms with van der Waals surface area (Å²) >= 11 is 0. The molecule has 1 aromatic carbocycles. The number of hydrogen-bond donors (Lipinski definition) is 1. The minimum absolute atomic E-state index is 0.0155. The van der Waals surface area contributed by atoms with Crippen molar-refractivity contribution in [1.82, 2.24) is 4.98 Å². The maximum atomic E-state index is 14.0. The monoisotopic (exact) mass is 368 g/mol. The van der Waals surface area contributed by atoms with Gasteiger partial charge in [-0.15, -0.1) is 0 Å². The summed E-state index contributed by atoms with van der Waals surface area (Å²) in [5.41, 5.74) is 1.16. The van der Waals surface area contributed by atoms with Gasteiger partial charge in [0.05, 0.1) is 17.2 Å². The van der Waals surface area contributed by atoms with Gasteiger partial charge in [-0.2, -0.15) is 5.26 Å². The van der Waals surface area contributed by atoms with E-state index in [1.807, 2.05) is 13.0 Å². The van der Waals surface area contributed by atoms with Gasteiger partial charge in [0.1, 0.15) is 0 Å². The van der Waals surface area contributed by atoms with Gasteiger partial charge in [-0.05, 0) is 30.9 Å². The molecule has 2 aromatic rings.